The Hall–Kier alpha value is -0.120. The quantitative estimate of drug-likeness (QED) is 0.805. The molecule has 3 heteroatoms. The molecule has 1 aliphatic carbocycles. The first-order valence-corrected chi connectivity index (χ1v) is 8.35. The Morgan fingerprint density at radius 3 is 2.79 bits per heavy atom. The summed E-state index contributed by atoms with van der Waals surface area (Å²) in [6.07, 6.45) is 10.2. The molecule has 4 unspecified atom stereocenters. The molecule has 2 aliphatic rings. The van der Waals surface area contributed by atoms with Crippen LogP contribution in [0.5, 0.6) is 0 Å². The van der Waals surface area contributed by atoms with Crippen LogP contribution in [0.1, 0.15) is 58.3 Å². The van der Waals surface area contributed by atoms with Gasteiger partial charge < -0.3 is 10.8 Å². The van der Waals surface area contributed by atoms with E-state index in [2.05, 4.69) is 11.8 Å². The molecule has 0 aromatic heterocycles. The highest BCUT2D eigenvalue weighted by Crippen LogP contribution is 2.32. The minimum absolute atomic E-state index is 0.320. The lowest BCUT2D eigenvalue weighted by Gasteiger charge is -2.41. The Balaban J connectivity index is 1.87. The smallest absolute Gasteiger partial charge is 0.0586 e. The molecular weight excluding hydrogens is 236 g/mol. The van der Waals surface area contributed by atoms with Crippen molar-refractivity contribution >= 4 is 0 Å². The number of hydrogen-bond acceptors (Lipinski definition) is 3. The van der Waals surface area contributed by atoms with Crippen molar-refractivity contribution in [2.45, 2.75) is 70.4 Å². The molecule has 0 spiro atoms. The Morgan fingerprint density at radius 1 is 1.21 bits per heavy atom. The Bertz CT molecular complexity index is 259. The lowest BCUT2D eigenvalue weighted by atomic mass is 9.76. The van der Waals surface area contributed by atoms with Crippen LogP contribution in [0.25, 0.3) is 0 Å². The molecule has 1 saturated heterocycles. The number of nitrogens with zero attached hydrogens (tertiary/aromatic N) is 1. The molecule has 3 nitrogen and oxygen atoms in total. The maximum Gasteiger partial charge on any atom is 0.0586 e. The Labute approximate surface area is 118 Å². The highest BCUT2D eigenvalue weighted by atomic mass is 16.3. The van der Waals surface area contributed by atoms with Crippen LogP contribution in [0.3, 0.4) is 0 Å². The Morgan fingerprint density at radius 2 is 2.05 bits per heavy atom. The second-order valence-corrected chi connectivity index (χ2v) is 6.72. The van der Waals surface area contributed by atoms with Crippen molar-refractivity contribution in [2.75, 3.05) is 19.7 Å². The third kappa shape index (κ3) is 4.17. The summed E-state index contributed by atoms with van der Waals surface area (Å²) in [5.74, 6) is 1.55. The van der Waals surface area contributed by atoms with Crippen molar-refractivity contribution in [3.8, 4) is 0 Å². The molecule has 2 rings (SSSR count). The molecule has 1 aliphatic heterocycles. The van der Waals surface area contributed by atoms with E-state index in [4.69, 9.17) is 5.73 Å². The van der Waals surface area contributed by atoms with Crippen molar-refractivity contribution in [1.82, 2.24) is 4.90 Å². The van der Waals surface area contributed by atoms with Crippen molar-refractivity contribution in [3.63, 3.8) is 0 Å². The lowest BCUT2D eigenvalue weighted by molar-refractivity contribution is 0.0587. The molecule has 112 valence electrons. The van der Waals surface area contributed by atoms with Gasteiger partial charge in [0.2, 0.25) is 0 Å². The van der Waals surface area contributed by atoms with Gasteiger partial charge >= 0.3 is 0 Å². The van der Waals surface area contributed by atoms with Crippen LogP contribution in [0.15, 0.2) is 0 Å². The molecule has 1 heterocycles. The van der Waals surface area contributed by atoms with Gasteiger partial charge in [-0.05, 0) is 50.5 Å². The average Bonchev–Trinajstić information content (AvgIpc) is 2.43. The van der Waals surface area contributed by atoms with Crippen LogP contribution < -0.4 is 5.73 Å². The zero-order valence-electron chi connectivity index (χ0n) is 12.6. The number of likely N-dealkylation sites (tertiary alicyclic amines) is 1. The highest BCUT2D eigenvalue weighted by Gasteiger charge is 2.31. The number of rotatable bonds is 5. The van der Waals surface area contributed by atoms with Gasteiger partial charge in [-0.1, -0.05) is 26.2 Å². The lowest BCUT2D eigenvalue weighted by Crippen LogP contribution is -2.49. The van der Waals surface area contributed by atoms with Gasteiger partial charge in [0, 0.05) is 18.6 Å². The zero-order valence-corrected chi connectivity index (χ0v) is 12.6. The van der Waals surface area contributed by atoms with E-state index in [1.54, 1.807) is 0 Å². The van der Waals surface area contributed by atoms with E-state index in [9.17, 15) is 5.11 Å². The third-order valence-electron chi connectivity index (χ3n) is 5.28. The van der Waals surface area contributed by atoms with Gasteiger partial charge in [0.05, 0.1) is 6.61 Å². The van der Waals surface area contributed by atoms with E-state index < -0.39 is 0 Å². The summed E-state index contributed by atoms with van der Waals surface area (Å²) in [4.78, 5) is 2.52. The van der Waals surface area contributed by atoms with Gasteiger partial charge in [-0.15, -0.1) is 0 Å². The average molecular weight is 268 g/mol. The maximum absolute atomic E-state index is 9.52. The van der Waals surface area contributed by atoms with Crippen molar-refractivity contribution in [3.05, 3.63) is 0 Å². The van der Waals surface area contributed by atoms with E-state index in [1.807, 2.05) is 0 Å². The summed E-state index contributed by atoms with van der Waals surface area (Å²) in [5.41, 5.74) is 6.35. The van der Waals surface area contributed by atoms with Gasteiger partial charge in [-0.2, -0.15) is 0 Å². The second kappa shape index (κ2) is 7.61. The summed E-state index contributed by atoms with van der Waals surface area (Å²) >= 11 is 0. The van der Waals surface area contributed by atoms with Crippen LogP contribution in [-0.2, 0) is 0 Å². The Kier molecular flexibility index (Phi) is 6.11. The van der Waals surface area contributed by atoms with E-state index >= 15 is 0 Å². The van der Waals surface area contributed by atoms with E-state index in [0.717, 1.165) is 25.4 Å². The molecule has 0 amide bonds. The molecule has 0 bridgehead atoms. The topological polar surface area (TPSA) is 49.5 Å². The molecule has 19 heavy (non-hydrogen) atoms. The fourth-order valence-corrected chi connectivity index (χ4v) is 4.07. The molecule has 4 atom stereocenters. The molecular formula is C16H32N2O. The molecule has 0 radical (unpaired) electrons. The van der Waals surface area contributed by atoms with Crippen molar-refractivity contribution in [2.24, 2.45) is 17.6 Å². The second-order valence-electron chi connectivity index (χ2n) is 6.72. The molecule has 3 N–H and O–H groups in total. The number of nitrogens with two attached hydrogens (primary N) is 1. The van der Waals surface area contributed by atoms with Gasteiger partial charge in [-0.25, -0.2) is 0 Å². The predicted molar refractivity (Wildman–Crippen MR) is 80.0 cm³/mol. The predicted octanol–water partition coefficient (Wildman–Crippen LogP) is 2.38. The largest absolute Gasteiger partial charge is 0.395 e. The van der Waals surface area contributed by atoms with Gasteiger partial charge in [-0.3, -0.25) is 4.90 Å². The minimum Gasteiger partial charge on any atom is -0.395 e. The zero-order chi connectivity index (χ0) is 13.7. The summed E-state index contributed by atoms with van der Waals surface area (Å²) in [7, 11) is 0. The molecule has 2 fully saturated rings. The van der Waals surface area contributed by atoms with E-state index in [1.165, 1.54) is 44.9 Å². The first kappa shape index (κ1) is 15.3. The molecule has 1 saturated carbocycles. The first-order chi connectivity index (χ1) is 9.24. The standard InChI is InChI=1S/C16H32N2O/c1-2-5-13-7-8-16(17)14(10-13)11-18-9-4-3-6-15(18)12-19/h13-16,19H,2-12,17H2,1H3. The SMILES string of the molecule is CCCC1CCC(N)C(CN2CCCCC2CO)C1. The monoisotopic (exact) mass is 268 g/mol. The number of piperidine rings is 1. The number of aliphatic hydroxyl groups excluding tert-OH is 1. The highest BCUT2D eigenvalue weighted by molar-refractivity contribution is 4.87. The van der Waals surface area contributed by atoms with Gasteiger partial charge in [0.25, 0.3) is 0 Å². The third-order valence-corrected chi connectivity index (χ3v) is 5.28. The van der Waals surface area contributed by atoms with Crippen LogP contribution in [0.2, 0.25) is 0 Å². The van der Waals surface area contributed by atoms with Crippen LogP contribution in [0.4, 0.5) is 0 Å². The van der Waals surface area contributed by atoms with Crippen molar-refractivity contribution in [1.29, 1.82) is 0 Å². The maximum atomic E-state index is 9.52. The van der Waals surface area contributed by atoms with Crippen LogP contribution in [-0.4, -0.2) is 41.8 Å². The number of aliphatic hydroxyl groups is 1. The molecule has 0 aromatic carbocycles. The van der Waals surface area contributed by atoms with Gasteiger partial charge in [0.1, 0.15) is 0 Å². The van der Waals surface area contributed by atoms with Crippen LogP contribution in [0, 0.1) is 11.8 Å². The minimum atomic E-state index is 0.320. The summed E-state index contributed by atoms with van der Waals surface area (Å²) in [5, 5.41) is 9.52. The number of hydrogen-bond donors (Lipinski definition) is 2. The van der Waals surface area contributed by atoms with E-state index in [-0.39, 0.29) is 0 Å². The van der Waals surface area contributed by atoms with Crippen LogP contribution >= 0.6 is 0 Å². The summed E-state index contributed by atoms with van der Waals surface area (Å²) in [6.45, 7) is 4.88. The summed E-state index contributed by atoms with van der Waals surface area (Å²) < 4.78 is 0. The fraction of sp³-hybridized carbons (Fsp3) is 1.00. The van der Waals surface area contributed by atoms with Crippen molar-refractivity contribution < 1.29 is 5.11 Å². The normalized spacial score (nSPS) is 37.4. The van der Waals surface area contributed by atoms with Gasteiger partial charge in [0.15, 0.2) is 0 Å². The first-order valence-electron chi connectivity index (χ1n) is 8.35. The molecule has 0 aromatic rings. The fourth-order valence-electron chi connectivity index (χ4n) is 4.07. The van der Waals surface area contributed by atoms with E-state index in [0.29, 0.717) is 24.6 Å². The summed E-state index contributed by atoms with van der Waals surface area (Å²) in [6, 6.07) is 0.780.